The zero-order valence-corrected chi connectivity index (χ0v) is 15.9. The molecule has 3 N–H and O–H groups in total. The third-order valence-corrected chi connectivity index (χ3v) is 4.61. The summed E-state index contributed by atoms with van der Waals surface area (Å²) in [5, 5.41) is 3.42. The highest BCUT2D eigenvalue weighted by atomic mass is 16.5. The molecule has 0 saturated heterocycles. The molecule has 4 rings (SSSR count). The number of fused-ring (bicyclic) bond motifs is 1. The predicted molar refractivity (Wildman–Crippen MR) is 110 cm³/mol. The molecule has 7 heteroatoms. The molecule has 0 radical (unpaired) electrons. The van der Waals surface area contributed by atoms with Gasteiger partial charge in [-0.3, -0.25) is 0 Å². The maximum atomic E-state index is 6.18. The summed E-state index contributed by atoms with van der Waals surface area (Å²) in [4.78, 5) is 13.9. The highest BCUT2D eigenvalue weighted by Crippen LogP contribution is 2.24. The third-order valence-electron chi connectivity index (χ3n) is 4.61. The summed E-state index contributed by atoms with van der Waals surface area (Å²) in [6.07, 6.45) is 0. The fourth-order valence-corrected chi connectivity index (χ4v) is 3.14. The third kappa shape index (κ3) is 3.39. The number of ether oxygens (including phenoxy) is 1. The van der Waals surface area contributed by atoms with E-state index in [1.165, 1.54) is 5.56 Å². The average molecular weight is 374 g/mol. The van der Waals surface area contributed by atoms with Gasteiger partial charge in [-0.05, 0) is 24.6 Å². The van der Waals surface area contributed by atoms with Crippen LogP contribution in [0.5, 0.6) is 0 Å². The van der Waals surface area contributed by atoms with Gasteiger partial charge >= 0.3 is 0 Å². The van der Waals surface area contributed by atoms with Gasteiger partial charge < -0.3 is 15.8 Å². The van der Waals surface area contributed by atoms with Crippen LogP contribution in [-0.4, -0.2) is 26.6 Å². The number of nitrogens with one attached hydrogen (secondary N) is 1. The van der Waals surface area contributed by atoms with Gasteiger partial charge in [0, 0.05) is 19.2 Å². The Balaban J connectivity index is 1.79. The van der Waals surface area contributed by atoms with E-state index in [0.717, 1.165) is 28.1 Å². The monoisotopic (exact) mass is 374 g/mol. The Morgan fingerprint density at radius 3 is 2.54 bits per heavy atom. The predicted octanol–water partition coefficient (Wildman–Crippen LogP) is 3.46. The second-order valence-electron chi connectivity index (χ2n) is 6.51. The maximum absolute atomic E-state index is 6.18. The quantitative estimate of drug-likeness (QED) is 0.537. The minimum atomic E-state index is 0.349. The highest BCUT2D eigenvalue weighted by Gasteiger charge is 2.16. The average Bonchev–Trinajstić information content (AvgIpc) is 3.05. The lowest BCUT2D eigenvalue weighted by Gasteiger charge is -2.15. The van der Waals surface area contributed by atoms with Crippen molar-refractivity contribution in [2.24, 2.45) is 0 Å². The van der Waals surface area contributed by atoms with Crippen LogP contribution in [0.1, 0.15) is 16.8 Å². The lowest BCUT2D eigenvalue weighted by Crippen LogP contribution is -2.13. The standard InChI is InChI=1S/C21H22N6O/c1-14-17(13-28-2)25-21(26-19(14)23-12-15-8-4-3-5-9-15)27-18-11-7-6-10-16(18)24-20(27)22/h3-11H,12-13H2,1-2H3,(H2,22,24)(H,23,25,26). The summed E-state index contributed by atoms with van der Waals surface area (Å²) in [5.74, 6) is 1.57. The van der Waals surface area contributed by atoms with Gasteiger partial charge in [-0.1, -0.05) is 42.5 Å². The second-order valence-corrected chi connectivity index (χ2v) is 6.51. The van der Waals surface area contributed by atoms with Gasteiger partial charge in [-0.25, -0.2) is 14.5 Å². The first-order chi connectivity index (χ1) is 13.7. The normalized spacial score (nSPS) is 11.1. The summed E-state index contributed by atoms with van der Waals surface area (Å²) in [6.45, 7) is 3.03. The van der Waals surface area contributed by atoms with Gasteiger partial charge in [0.1, 0.15) is 5.82 Å². The first kappa shape index (κ1) is 17.9. The Labute approximate surface area is 163 Å². The largest absolute Gasteiger partial charge is 0.378 e. The van der Waals surface area contributed by atoms with E-state index in [-0.39, 0.29) is 0 Å². The molecule has 0 fully saturated rings. The van der Waals surface area contributed by atoms with Crippen molar-refractivity contribution in [3.63, 3.8) is 0 Å². The van der Waals surface area contributed by atoms with Gasteiger partial charge in [-0.15, -0.1) is 0 Å². The van der Waals surface area contributed by atoms with E-state index >= 15 is 0 Å². The van der Waals surface area contributed by atoms with Crippen LogP contribution in [0.15, 0.2) is 54.6 Å². The van der Waals surface area contributed by atoms with Crippen LogP contribution >= 0.6 is 0 Å². The number of anilines is 2. The number of hydrogen-bond donors (Lipinski definition) is 2. The molecule has 0 saturated carbocycles. The van der Waals surface area contributed by atoms with Gasteiger partial charge in [0.25, 0.3) is 0 Å². The fourth-order valence-electron chi connectivity index (χ4n) is 3.14. The van der Waals surface area contributed by atoms with Crippen molar-refractivity contribution in [2.45, 2.75) is 20.1 Å². The van der Waals surface area contributed by atoms with E-state index in [9.17, 15) is 0 Å². The molecular weight excluding hydrogens is 352 g/mol. The zero-order valence-electron chi connectivity index (χ0n) is 15.9. The Hall–Kier alpha value is -3.45. The van der Waals surface area contributed by atoms with E-state index in [2.05, 4.69) is 22.4 Å². The Bertz CT molecular complexity index is 1110. The smallest absolute Gasteiger partial charge is 0.239 e. The van der Waals surface area contributed by atoms with E-state index < -0.39 is 0 Å². The Kier molecular flexibility index (Phi) is 4.90. The molecule has 2 heterocycles. The number of hydrogen-bond acceptors (Lipinski definition) is 6. The topological polar surface area (TPSA) is 90.9 Å². The first-order valence-corrected chi connectivity index (χ1v) is 9.05. The molecule has 0 aliphatic heterocycles. The summed E-state index contributed by atoms with van der Waals surface area (Å²) in [5.41, 5.74) is 10.8. The van der Waals surface area contributed by atoms with Crippen LogP contribution in [0.4, 0.5) is 11.8 Å². The summed E-state index contributed by atoms with van der Waals surface area (Å²) >= 11 is 0. The van der Waals surface area contributed by atoms with Crippen molar-refractivity contribution in [3.05, 3.63) is 71.4 Å². The van der Waals surface area contributed by atoms with Crippen LogP contribution in [0.25, 0.3) is 17.0 Å². The molecule has 0 amide bonds. The van der Waals surface area contributed by atoms with Gasteiger partial charge in [0.05, 0.1) is 23.3 Å². The number of aromatic nitrogens is 4. The van der Waals surface area contributed by atoms with Crippen molar-refractivity contribution < 1.29 is 4.74 Å². The number of methoxy groups -OCH3 is 1. The van der Waals surface area contributed by atoms with Crippen LogP contribution in [0.3, 0.4) is 0 Å². The number of nitrogen functional groups attached to an aromatic ring is 1. The minimum Gasteiger partial charge on any atom is -0.378 e. The van der Waals surface area contributed by atoms with Crippen LogP contribution < -0.4 is 11.1 Å². The molecule has 0 aliphatic carbocycles. The molecule has 0 atom stereocenters. The number of para-hydroxylation sites is 2. The molecule has 142 valence electrons. The number of nitrogens with zero attached hydrogens (tertiary/aromatic N) is 4. The number of rotatable bonds is 6. The van der Waals surface area contributed by atoms with Crippen molar-refractivity contribution >= 4 is 22.8 Å². The van der Waals surface area contributed by atoms with Crippen LogP contribution in [0.2, 0.25) is 0 Å². The molecule has 7 nitrogen and oxygen atoms in total. The molecule has 0 spiro atoms. The molecular formula is C21H22N6O. The van der Waals surface area contributed by atoms with Gasteiger partial charge in [0.15, 0.2) is 0 Å². The molecule has 28 heavy (non-hydrogen) atoms. The number of benzene rings is 2. The molecule has 2 aromatic carbocycles. The number of nitrogens with two attached hydrogens (primary N) is 1. The van der Waals surface area contributed by atoms with E-state index in [0.29, 0.717) is 25.0 Å². The Morgan fingerprint density at radius 2 is 1.75 bits per heavy atom. The van der Waals surface area contributed by atoms with E-state index in [4.69, 9.17) is 20.4 Å². The molecule has 0 bridgehead atoms. The summed E-state index contributed by atoms with van der Waals surface area (Å²) in [7, 11) is 1.65. The van der Waals surface area contributed by atoms with E-state index in [1.54, 1.807) is 11.7 Å². The van der Waals surface area contributed by atoms with Gasteiger partial charge in [-0.2, -0.15) is 4.98 Å². The van der Waals surface area contributed by atoms with Crippen molar-refractivity contribution in [1.29, 1.82) is 0 Å². The summed E-state index contributed by atoms with van der Waals surface area (Å²) in [6, 6.07) is 17.9. The van der Waals surface area contributed by atoms with Crippen LogP contribution in [-0.2, 0) is 17.9 Å². The lowest BCUT2D eigenvalue weighted by molar-refractivity contribution is 0.181. The lowest BCUT2D eigenvalue weighted by atomic mass is 10.2. The molecule has 4 aromatic rings. The van der Waals surface area contributed by atoms with Crippen molar-refractivity contribution in [1.82, 2.24) is 19.5 Å². The van der Waals surface area contributed by atoms with Gasteiger partial charge in [0.2, 0.25) is 11.9 Å². The molecule has 0 aliphatic rings. The van der Waals surface area contributed by atoms with Crippen molar-refractivity contribution in [3.8, 4) is 5.95 Å². The fraction of sp³-hybridized carbons (Fsp3) is 0.190. The summed E-state index contributed by atoms with van der Waals surface area (Å²) < 4.78 is 7.11. The maximum Gasteiger partial charge on any atom is 0.239 e. The highest BCUT2D eigenvalue weighted by molar-refractivity contribution is 5.80. The van der Waals surface area contributed by atoms with Crippen LogP contribution in [0, 0.1) is 6.92 Å². The van der Waals surface area contributed by atoms with E-state index in [1.807, 2.05) is 49.4 Å². The van der Waals surface area contributed by atoms with Crippen molar-refractivity contribution in [2.75, 3.05) is 18.2 Å². The zero-order chi connectivity index (χ0) is 19.5. The molecule has 0 unspecified atom stereocenters. The Morgan fingerprint density at radius 1 is 1.00 bits per heavy atom. The SMILES string of the molecule is COCc1nc(-n2c(N)nc3ccccc32)nc(NCc2ccccc2)c1C. The minimum absolute atomic E-state index is 0.349. The second kappa shape index (κ2) is 7.66. The molecule has 2 aromatic heterocycles. The first-order valence-electron chi connectivity index (χ1n) is 9.05. The number of imidazole rings is 1.